The second kappa shape index (κ2) is 5.18. The zero-order valence-electron chi connectivity index (χ0n) is 8.58. The fraction of sp³-hybridized carbons (Fsp3) is 0.400. The topological polar surface area (TPSA) is 41.5 Å². The van der Waals surface area contributed by atoms with Crippen LogP contribution in [-0.4, -0.2) is 25.1 Å². The number of aliphatic hydroxyl groups excluding tert-OH is 1. The molecule has 16 heavy (non-hydrogen) atoms. The van der Waals surface area contributed by atoms with E-state index in [0.29, 0.717) is 0 Å². The van der Waals surface area contributed by atoms with Gasteiger partial charge in [0.15, 0.2) is 0 Å². The summed E-state index contributed by atoms with van der Waals surface area (Å²) in [5, 5.41) is 11.7. The van der Waals surface area contributed by atoms with Gasteiger partial charge >= 0.3 is 6.36 Å². The summed E-state index contributed by atoms with van der Waals surface area (Å²) in [6.45, 7) is -0.311. The Morgan fingerprint density at radius 2 is 2.00 bits per heavy atom. The van der Waals surface area contributed by atoms with Crippen LogP contribution in [0.15, 0.2) is 24.3 Å². The predicted octanol–water partition coefficient (Wildman–Crippen LogP) is 1.84. The Morgan fingerprint density at radius 3 is 2.50 bits per heavy atom. The molecule has 0 bridgehead atoms. The van der Waals surface area contributed by atoms with E-state index in [9.17, 15) is 13.2 Å². The van der Waals surface area contributed by atoms with Gasteiger partial charge in [-0.05, 0) is 13.1 Å². The summed E-state index contributed by atoms with van der Waals surface area (Å²) in [6, 6.07) is 5.12. The summed E-state index contributed by atoms with van der Waals surface area (Å²) in [6.07, 6.45) is -4.73. The van der Waals surface area contributed by atoms with E-state index < -0.39 is 12.4 Å². The smallest absolute Gasteiger partial charge is 0.405 e. The van der Waals surface area contributed by atoms with Crippen molar-refractivity contribution in [1.29, 1.82) is 0 Å². The molecule has 0 aliphatic heterocycles. The lowest BCUT2D eigenvalue weighted by Gasteiger charge is -2.18. The Labute approximate surface area is 90.8 Å². The van der Waals surface area contributed by atoms with Gasteiger partial charge in [0.25, 0.3) is 0 Å². The zero-order valence-corrected chi connectivity index (χ0v) is 8.58. The van der Waals surface area contributed by atoms with Crippen molar-refractivity contribution in [3.8, 4) is 5.75 Å². The van der Waals surface area contributed by atoms with E-state index in [2.05, 4.69) is 10.1 Å². The van der Waals surface area contributed by atoms with Crippen LogP contribution in [0.3, 0.4) is 0 Å². The highest BCUT2D eigenvalue weighted by Crippen LogP contribution is 2.29. The molecular weight excluding hydrogens is 223 g/mol. The van der Waals surface area contributed by atoms with E-state index in [1.165, 1.54) is 18.2 Å². The highest BCUT2D eigenvalue weighted by Gasteiger charge is 2.32. The number of ether oxygens (including phenoxy) is 1. The molecule has 6 heteroatoms. The third-order valence-corrected chi connectivity index (χ3v) is 2.05. The van der Waals surface area contributed by atoms with Gasteiger partial charge < -0.3 is 15.2 Å². The van der Waals surface area contributed by atoms with Crippen LogP contribution >= 0.6 is 0 Å². The number of aliphatic hydroxyl groups is 1. The maximum absolute atomic E-state index is 12.1. The van der Waals surface area contributed by atoms with Gasteiger partial charge in [-0.2, -0.15) is 0 Å². The van der Waals surface area contributed by atoms with Gasteiger partial charge in [0.1, 0.15) is 5.75 Å². The molecular formula is C10H12F3NO2. The number of halogens is 3. The normalized spacial score (nSPS) is 13.6. The molecule has 2 N–H and O–H groups in total. The standard InChI is InChI=1S/C10H12F3NO2/c1-14-8(6-15)7-4-2-3-5-9(7)16-10(11,12)13/h2-5,8,14-15H,6H2,1H3. The number of benzene rings is 1. The molecule has 0 aliphatic rings. The van der Waals surface area contributed by atoms with Crippen LogP contribution < -0.4 is 10.1 Å². The molecule has 90 valence electrons. The van der Waals surface area contributed by atoms with Crippen molar-refractivity contribution >= 4 is 0 Å². The average molecular weight is 235 g/mol. The van der Waals surface area contributed by atoms with Gasteiger partial charge in [-0.1, -0.05) is 18.2 Å². The van der Waals surface area contributed by atoms with Crippen LogP contribution in [0, 0.1) is 0 Å². The maximum Gasteiger partial charge on any atom is 0.573 e. The molecule has 0 amide bonds. The minimum Gasteiger partial charge on any atom is -0.405 e. The van der Waals surface area contributed by atoms with Crippen LogP contribution in [0.5, 0.6) is 5.75 Å². The maximum atomic E-state index is 12.1. The van der Waals surface area contributed by atoms with Gasteiger partial charge in [-0.25, -0.2) is 0 Å². The second-order valence-corrected chi connectivity index (χ2v) is 3.11. The Morgan fingerprint density at radius 1 is 1.38 bits per heavy atom. The summed E-state index contributed by atoms with van der Waals surface area (Å²) < 4.78 is 40.1. The van der Waals surface area contributed by atoms with Gasteiger partial charge in [0.05, 0.1) is 12.6 Å². The van der Waals surface area contributed by atoms with Gasteiger partial charge in [0.2, 0.25) is 0 Å². The SMILES string of the molecule is CNC(CO)c1ccccc1OC(F)(F)F. The Balaban J connectivity index is 3.00. The van der Waals surface area contributed by atoms with Crippen molar-refractivity contribution in [1.82, 2.24) is 5.32 Å². The van der Waals surface area contributed by atoms with Crippen molar-refractivity contribution in [2.45, 2.75) is 12.4 Å². The minimum atomic E-state index is -4.73. The molecule has 1 rings (SSSR count). The van der Waals surface area contributed by atoms with Crippen molar-refractivity contribution in [2.24, 2.45) is 0 Å². The number of hydrogen-bond donors (Lipinski definition) is 2. The molecule has 1 aromatic carbocycles. The Bertz CT molecular complexity index is 337. The molecule has 0 radical (unpaired) electrons. The first-order valence-corrected chi connectivity index (χ1v) is 4.60. The van der Waals surface area contributed by atoms with Crippen LogP contribution in [-0.2, 0) is 0 Å². The third kappa shape index (κ3) is 3.39. The molecule has 0 heterocycles. The molecule has 0 aromatic heterocycles. The van der Waals surface area contributed by atoms with Gasteiger partial charge in [0, 0.05) is 5.56 Å². The van der Waals surface area contributed by atoms with E-state index in [1.54, 1.807) is 13.1 Å². The molecule has 0 saturated carbocycles. The van der Waals surface area contributed by atoms with E-state index in [4.69, 9.17) is 5.11 Å². The quantitative estimate of drug-likeness (QED) is 0.836. The highest BCUT2D eigenvalue weighted by atomic mass is 19.4. The molecule has 3 nitrogen and oxygen atoms in total. The molecule has 0 aliphatic carbocycles. The monoisotopic (exact) mass is 235 g/mol. The van der Waals surface area contributed by atoms with E-state index in [0.717, 1.165) is 0 Å². The summed E-state index contributed by atoms with van der Waals surface area (Å²) >= 11 is 0. The summed E-state index contributed by atoms with van der Waals surface area (Å²) in [7, 11) is 1.55. The van der Waals surface area contributed by atoms with Crippen LogP contribution in [0.25, 0.3) is 0 Å². The highest BCUT2D eigenvalue weighted by molar-refractivity contribution is 5.36. The molecule has 0 saturated heterocycles. The summed E-state index contributed by atoms with van der Waals surface area (Å²) in [5.74, 6) is -0.302. The lowest BCUT2D eigenvalue weighted by molar-refractivity contribution is -0.275. The number of rotatable bonds is 4. The lowest BCUT2D eigenvalue weighted by atomic mass is 10.1. The zero-order chi connectivity index (χ0) is 12.2. The molecule has 0 spiro atoms. The number of alkyl halides is 3. The first-order chi connectivity index (χ1) is 7.48. The molecule has 0 fully saturated rings. The van der Waals surface area contributed by atoms with Crippen molar-refractivity contribution in [2.75, 3.05) is 13.7 Å². The second-order valence-electron chi connectivity index (χ2n) is 3.11. The summed E-state index contributed by atoms with van der Waals surface area (Å²) in [4.78, 5) is 0. The Kier molecular flexibility index (Phi) is 4.14. The van der Waals surface area contributed by atoms with Crippen molar-refractivity contribution in [3.63, 3.8) is 0 Å². The van der Waals surface area contributed by atoms with E-state index in [1.807, 2.05) is 0 Å². The lowest BCUT2D eigenvalue weighted by Crippen LogP contribution is -2.23. The summed E-state index contributed by atoms with van der Waals surface area (Å²) in [5.41, 5.74) is 0.268. The number of hydrogen-bond acceptors (Lipinski definition) is 3. The van der Waals surface area contributed by atoms with E-state index in [-0.39, 0.29) is 17.9 Å². The fourth-order valence-corrected chi connectivity index (χ4v) is 1.33. The number of para-hydroxylation sites is 1. The minimum absolute atomic E-state index is 0.268. The van der Waals surface area contributed by atoms with Crippen LogP contribution in [0.1, 0.15) is 11.6 Å². The third-order valence-electron chi connectivity index (χ3n) is 2.05. The number of likely N-dealkylation sites (N-methyl/N-ethyl adjacent to an activating group) is 1. The number of nitrogens with one attached hydrogen (secondary N) is 1. The molecule has 1 unspecified atom stereocenters. The van der Waals surface area contributed by atoms with E-state index >= 15 is 0 Å². The van der Waals surface area contributed by atoms with Crippen molar-refractivity contribution in [3.05, 3.63) is 29.8 Å². The largest absolute Gasteiger partial charge is 0.573 e. The first kappa shape index (κ1) is 12.8. The molecule has 1 atom stereocenters. The van der Waals surface area contributed by atoms with Crippen molar-refractivity contribution < 1.29 is 23.0 Å². The van der Waals surface area contributed by atoms with Crippen LogP contribution in [0.2, 0.25) is 0 Å². The predicted molar refractivity (Wildman–Crippen MR) is 52.0 cm³/mol. The first-order valence-electron chi connectivity index (χ1n) is 4.60. The molecule has 1 aromatic rings. The fourth-order valence-electron chi connectivity index (χ4n) is 1.33. The van der Waals surface area contributed by atoms with Gasteiger partial charge in [-0.3, -0.25) is 0 Å². The Hall–Kier alpha value is -1.27. The average Bonchev–Trinajstić information content (AvgIpc) is 2.20. The van der Waals surface area contributed by atoms with Gasteiger partial charge in [-0.15, -0.1) is 13.2 Å². The van der Waals surface area contributed by atoms with Crippen LogP contribution in [0.4, 0.5) is 13.2 Å².